The summed E-state index contributed by atoms with van der Waals surface area (Å²) in [4.78, 5) is 43.2. The molecule has 5 N–H and O–H groups in total. The Kier molecular flexibility index (Phi) is 16.2. The summed E-state index contributed by atoms with van der Waals surface area (Å²) in [6.07, 6.45) is 8.79. The van der Waals surface area contributed by atoms with Crippen LogP contribution in [0.1, 0.15) is 71.1 Å². The van der Waals surface area contributed by atoms with E-state index in [4.69, 9.17) is 0 Å². The van der Waals surface area contributed by atoms with Crippen LogP contribution in [-0.2, 0) is 24.4 Å². The number of piperidine rings is 3. The van der Waals surface area contributed by atoms with E-state index in [1.165, 1.54) is 13.0 Å². The van der Waals surface area contributed by atoms with Gasteiger partial charge in [-0.1, -0.05) is 36.4 Å². The van der Waals surface area contributed by atoms with Crippen molar-refractivity contribution in [3.8, 4) is 0 Å². The number of nitrogens with zero attached hydrogens (tertiary/aromatic N) is 1. The van der Waals surface area contributed by atoms with E-state index in [1.807, 2.05) is 0 Å². The van der Waals surface area contributed by atoms with Crippen molar-refractivity contribution in [2.24, 2.45) is 23.7 Å². The number of carbonyl (C=O) groups excluding carboxylic acids is 2. The fraction of sp³-hybridized carbons (Fsp3) is 0.629. The van der Waals surface area contributed by atoms with Crippen LogP contribution >= 0.6 is 24.8 Å². The van der Waals surface area contributed by atoms with Crippen LogP contribution in [0.4, 0.5) is 0 Å². The number of sulfonamides is 1. The normalized spacial score (nSPS) is 21.3. The van der Waals surface area contributed by atoms with Crippen molar-refractivity contribution in [3.63, 3.8) is 0 Å². The van der Waals surface area contributed by atoms with Crippen molar-refractivity contribution >= 4 is 63.3 Å². The minimum Gasteiger partial charge on any atom is -0.480 e. The number of hydrazine groups is 1. The Hall–Kier alpha value is -2.32. The van der Waals surface area contributed by atoms with Gasteiger partial charge in [-0.05, 0) is 127 Å². The van der Waals surface area contributed by atoms with Gasteiger partial charge in [0.1, 0.15) is 6.04 Å². The molecular weight excluding hydrogens is 689 g/mol. The Morgan fingerprint density at radius 1 is 0.857 bits per heavy atom. The van der Waals surface area contributed by atoms with Gasteiger partial charge in [0.25, 0.3) is 10.0 Å². The lowest BCUT2D eigenvalue weighted by Crippen LogP contribution is -2.60. The molecule has 5 rings (SSSR count). The number of carboxylic acids is 1. The fourth-order valence-corrected chi connectivity index (χ4v) is 8.90. The maximum absolute atomic E-state index is 14.4. The van der Waals surface area contributed by atoms with Gasteiger partial charge in [0.05, 0.1) is 16.9 Å². The van der Waals surface area contributed by atoms with Crippen LogP contribution in [0.25, 0.3) is 10.8 Å². The van der Waals surface area contributed by atoms with Crippen molar-refractivity contribution in [1.29, 1.82) is 0 Å². The van der Waals surface area contributed by atoms with E-state index in [1.54, 1.807) is 36.4 Å². The van der Waals surface area contributed by atoms with Crippen molar-refractivity contribution in [3.05, 3.63) is 42.5 Å². The number of nitrogens with one attached hydrogen (secondary N) is 4. The minimum atomic E-state index is -4.37. The van der Waals surface area contributed by atoms with Gasteiger partial charge < -0.3 is 21.1 Å². The first-order valence-corrected chi connectivity index (χ1v) is 18.9. The molecule has 0 aromatic heterocycles. The van der Waals surface area contributed by atoms with Crippen LogP contribution in [0.15, 0.2) is 47.4 Å². The summed E-state index contributed by atoms with van der Waals surface area (Å²) < 4.78 is 27.6. The van der Waals surface area contributed by atoms with Gasteiger partial charge in [0.15, 0.2) is 5.78 Å². The number of carboxylic acid groups (broad SMARTS) is 1. The van der Waals surface area contributed by atoms with E-state index in [-0.39, 0.29) is 41.4 Å². The van der Waals surface area contributed by atoms with Crippen LogP contribution in [-0.4, -0.2) is 81.0 Å². The van der Waals surface area contributed by atoms with Crippen molar-refractivity contribution < 1.29 is 27.9 Å². The molecule has 3 aliphatic heterocycles. The Morgan fingerprint density at radius 2 is 1.43 bits per heavy atom. The Morgan fingerprint density at radius 3 is 2.02 bits per heavy atom. The molecule has 0 bridgehead atoms. The number of hydrogen-bond donors (Lipinski definition) is 5. The van der Waals surface area contributed by atoms with Crippen LogP contribution in [0, 0.1) is 23.7 Å². The van der Waals surface area contributed by atoms with E-state index in [0.717, 1.165) is 82.6 Å². The molecule has 3 saturated heterocycles. The second-order valence-corrected chi connectivity index (χ2v) is 15.2. The first kappa shape index (κ1) is 41.1. The zero-order chi connectivity index (χ0) is 33.4. The average Bonchev–Trinajstić information content (AvgIpc) is 3.10. The quantitative estimate of drug-likeness (QED) is 0.178. The molecule has 14 heteroatoms. The molecule has 3 atom stereocenters. The lowest BCUT2D eigenvalue weighted by Gasteiger charge is -2.37. The molecule has 2 aromatic carbocycles. The number of Topliss-reactive ketones (excluding diaryl/α,β-unsaturated/α-hetero) is 1. The highest BCUT2D eigenvalue weighted by Crippen LogP contribution is 2.31. The zero-order valence-electron chi connectivity index (χ0n) is 28.3. The Bertz CT molecular complexity index is 1480. The van der Waals surface area contributed by atoms with E-state index >= 15 is 0 Å². The highest BCUT2D eigenvalue weighted by atomic mass is 35.5. The van der Waals surface area contributed by atoms with Crippen molar-refractivity contribution in [2.45, 2.75) is 88.1 Å². The third kappa shape index (κ3) is 10.6. The molecule has 2 aromatic rings. The maximum atomic E-state index is 14.4. The van der Waals surface area contributed by atoms with Gasteiger partial charge in [-0.15, -0.1) is 29.6 Å². The maximum Gasteiger partial charge on any atom is 0.327 e. The van der Waals surface area contributed by atoms with Gasteiger partial charge >= 0.3 is 5.97 Å². The predicted octanol–water partition coefficient (Wildman–Crippen LogP) is 4.29. The summed E-state index contributed by atoms with van der Waals surface area (Å²) in [7, 11) is -4.37. The molecule has 3 aliphatic rings. The first-order valence-electron chi connectivity index (χ1n) is 17.4. The second-order valence-electron chi connectivity index (χ2n) is 13.6. The third-order valence-corrected chi connectivity index (χ3v) is 11.9. The largest absolute Gasteiger partial charge is 0.480 e. The summed E-state index contributed by atoms with van der Waals surface area (Å²) in [6.45, 7) is 5.80. The van der Waals surface area contributed by atoms with Crippen LogP contribution in [0.5, 0.6) is 0 Å². The molecule has 1 unspecified atom stereocenters. The number of ketones is 1. The lowest BCUT2D eigenvalue weighted by atomic mass is 9.77. The Labute approximate surface area is 302 Å². The molecule has 0 radical (unpaired) electrons. The lowest BCUT2D eigenvalue weighted by molar-refractivity contribution is -0.154. The summed E-state index contributed by atoms with van der Waals surface area (Å²) in [5.41, 5.74) is 0. The summed E-state index contributed by atoms with van der Waals surface area (Å²) in [5.74, 6) is -2.05. The standard InChI is InChI=1S/C35H51N5O6S.2ClH/c1-24(35(43)44)40(39-47(45,46)31-10-4-7-27-6-2-3-8-29(27)31)34(42)30-9-5-19-38-32(30)33(41)28(13-11-25-15-20-36-21-16-25)14-12-26-17-22-37-23-18-26;;/h2-4,6-8,10,24-26,28,30,32,36-39H,5,9,11-23H2,1H3,(H,43,44);2*1H/t24?,30-,32-;;/m1../s1. The number of hydrogen-bond acceptors (Lipinski definition) is 8. The van der Waals surface area contributed by atoms with E-state index < -0.39 is 39.9 Å². The molecule has 0 saturated carbocycles. The topological polar surface area (TPSA) is 157 Å². The summed E-state index contributed by atoms with van der Waals surface area (Å²) in [6, 6.07) is 9.49. The molecule has 0 spiro atoms. The average molecular weight is 743 g/mol. The molecule has 49 heavy (non-hydrogen) atoms. The third-order valence-electron chi connectivity index (χ3n) is 10.5. The SMILES string of the molecule is CC(C(=O)O)N(NS(=O)(=O)c1cccc2ccccc12)C(=O)[C@@H]1CCCN[C@H]1C(=O)C(CCC1CCNCC1)CCC1CCNCC1.Cl.Cl. The highest BCUT2D eigenvalue weighted by Gasteiger charge is 2.43. The van der Waals surface area contributed by atoms with E-state index in [9.17, 15) is 27.9 Å². The van der Waals surface area contributed by atoms with Gasteiger partial charge in [-0.3, -0.25) is 9.59 Å². The number of fused-ring (bicyclic) bond motifs is 1. The Balaban J connectivity index is 0.00000325. The van der Waals surface area contributed by atoms with E-state index in [2.05, 4.69) is 20.8 Å². The molecule has 1 amide bonds. The molecule has 0 aliphatic carbocycles. The number of aliphatic carboxylic acids is 1. The number of carbonyl (C=O) groups is 3. The van der Waals surface area contributed by atoms with Crippen molar-refractivity contribution in [2.75, 3.05) is 32.7 Å². The number of halogens is 2. The fourth-order valence-electron chi connectivity index (χ4n) is 7.56. The highest BCUT2D eigenvalue weighted by molar-refractivity contribution is 7.89. The second kappa shape index (κ2) is 19.3. The van der Waals surface area contributed by atoms with Gasteiger partial charge in [0, 0.05) is 11.3 Å². The number of rotatable bonds is 14. The number of benzene rings is 2. The predicted molar refractivity (Wildman–Crippen MR) is 195 cm³/mol. The van der Waals surface area contributed by atoms with Crippen LogP contribution in [0.2, 0.25) is 0 Å². The first-order chi connectivity index (χ1) is 22.7. The van der Waals surface area contributed by atoms with Gasteiger partial charge in [0.2, 0.25) is 5.91 Å². The van der Waals surface area contributed by atoms with Gasteiger partial charge in [-0.2, -0.15) is 0 Å². The van der Waals surface area contributed by atoms with Gasteiger partial charge in [-0.25, -0.2) is 18.2 Å². The zero-order valence-corrected chi connectivity index (χ0v) is 30.7. The smallest absolute Gasteiger partial charge is 0.327 e. The molecule has 3 fully saturated rings. The summed E-state index contributed by atoms with van der Waals surface area (Å²) >= 11 is 0. The molecule has 11 nitrogen and oxygen atoms in total. The number of amides is 1. The van der Waals surface area contributed by atoms with Crippen LogP contribution in [0.3, 0.4) is 0 Å². The van der Waals surface area contributed by atoms with E-state index in [0.29, 0.717) is 42.0 Å². The molecule has 3 heterocycles. The van der Waals surface area contributed by atoms with Crippen molar-refractivity contribution in [1.82, 2.24) is 25.8 Å². The summed E-state index contributed by atoms with van der Waals surface area (Å²) in [5, 5.41) is 22.0. The monoisotopic (exact) mass is 741 g/mol. The minimum absolute atomic E-state index is 0. The molecule has 274 valence electrons. The van der Waals surface area contributed by atoms with Crippen LogP contribution < -0.4 is 20.8 Å². The molecular formula is C35H53Cl2N5O6S.